The molecule has 0 amide bonds. The van der Waals surface area contributed by atoms with E-state index in [0.29, 0.717) is 24.9 Å². The average Bonchev–Trinajstić information content (AvgIpc) is 3.19. The number of benzene rings is 1. The van der Waals surface area contributed by atoms with Gasteiger partial charge in [-0.2, -0.15) is 0 Å². The quantitative estimate of drug-likeness (QED) is 0.610. The largest absolute Gasteiger partial charge is 0.480 e. The highest BCUT2D eigenvalue weighted by atomic mass is 16.6. The molecule has 0 heterocycles. The van der Waals surface area contributed by atoms with E-state index in [1.807, 2.05) is 25.1 Å². The van der Waals surface area contributed by atoms with Crippen molar-refractivity contribution in [3.63, 3.8) is 0 Å². The van der Waals surface area contributed by atoms with Crippen molar-refractivity contribution in [1.82, 2.24) is 4.90 Å². The highest BCUT2D eigenvalue weighted by Crippen LogP contribution is 2.41. The Morgan fingerprint density at radius 3 is 2.44 bits per heavy atom. The molecule has 0 bridgehead atoms. The molecule has 1 aromatic carbocycles. The minimum absolute atomic E-state index is 0.0552. The van der Waals surface area contributed by atoms with Crippen LogP contribution in [0.3, 0.4) is 0 Å². The van der Waals surface area contributed by atoms with Gasteiger partial charge < -0.3 is 14.9 Å². The maximum atomic E-state index is 13.1. The number of carbonyl (C=O) groups excluding carboxylic acids is 1. The molecule has 150 valence electrons. The fourth-order valence-electron chi connectivity index (χ4n) is 3.82. The Labute approximate surface area is 161 Å². The van der Waals surface area contributed by atoms with Crippen molar-refractivity contribution in [3.05, 3.63) is 35.9 Å². The highest BCUT2D eigenvalue weighted by molar-refractivity contribution is 5.81. The van der Waals surface area contributed by atoms with Gasteiger partial charge >= 0.3 is 11.9 Å². The van der Waals surface area contributed by atoms with E-state index in [1.165, 1.54) is 0 Å². The van der Waals surface area contributed by atoms with Gasteiger partial charge in [-0.1, -0.05) is 50.1 Å². The second-order valence-electron chi connectivity index (χ2n) is 7.47. The molecule has 6 nitrogen and oxygen atoms in total. The van der Waals surface area contributed by atoms with Gasteiger partial charge in [-0.15, -0.1) is 0 Å². The number of carboxylic acid groups (broad SMARTS) is 1. The molecule has 1 aromatic rings. The lowest BCUT2D eigenvalue weighted by Gasteiger charge is -2.34. The number of aliphatic hydroxyl groups is 1. The van der Waals surface area contributed by atoms with Crippen LogP contribution in [0.25, 0.3) is 0 Å². The standard InChI is InChI=1S/C21H31NO5/c1-3-18(13-14-22(2)15-19(23)24)27-20(25)21(26,17-11-7-8-12-17)16-9-5-4-6-10-16/h4-6,9-10,17-18,26H,3,7-8,11-15H2,1-2H3,(H,23,24)/t18?,21-/m0/s1. The van der Waals surface area contributed by atoms with Crippen LogP contribution in [0.4, 0.5) is 0 Å². The van der Waals surface area contributed by atoms with Crippen LogP contribution in [-0.4, -0.2) is 53.3 Å². The lowest BCUT2D eigenvalue weighted by atomic mass is 9.80. The number of aliphatic carboxylic acids is 1. The Bertz CT molecular complexity index is 614. The molecule has 0 radical (unpaired) electrons. The van der Waals surface area contributed by atoms with Crippen LogP contribution in [0.15, 0.2) is 30.3 Å². The van der Waals surface area contributed by atoms with Crippen molar-refractivity contribution in [1.29, 1.82) is 0 Å². The van der Waals surface area contributed by atoms with E-state index in [2.05, 4.69) is 0 Å². The number of rotatable bonds is 10. The zero-order valence-electron chi connectivity index (χ0n) is 16.3. The molecule has 0 spiro atoms. The summed E-state index contributed by atoms with van der Waals surface area (Å²) in [5, 5.41) is 20.3. The molecule has 0 aliphatic heterocycles. The summed E-state index contributed by atoms with van der Waals surface area (Å²) in [5.74, 6) is -1.62. The van der Waals surface area contributed by atoms with Gasteiger partial charge in [0.15, 0.2) is 5.60 Å². The van der Waals surface area contributed by atoms with Crippen LogP contribution >= 0.6 is 0 Å². The molecule has 1 aliphatic rings. The molecule has 0 saturated heterocycles. The predicted octanol–water partition coefficient (Wildman–Crippen LogP) is 2.79. The second-order valence-corrected chi connectivity index (χ2v) is 7.47. The average molecular weight is 377 g/mol. The van der Waals surface area contributed by atoms with Crippen LogP contribution in [0.1, 0.15) is 51.0 Å². The second kappa shape index (κ2) is 9.85. The predicted molar refractivity (Wildman–Crippen MR) is 102 cm³/mol. The molecule has 1 unspecified atom stereocenters. The smallest absolute Gasteiger partial charge is 0.343 e. The Hall–Kier alpha value is -1.92. The summed E-state index contributed by atoms with van der Waals surface area (Å²) in [6.07, 6.45) is 4.40. The summed E-state index contributed by atoms with van der Waals surface area (Å²) < 4.78 is 5.72. The van der Waals surface area contributed by atoms with E-state index in [9.17, 15) is 14.7 Å². The number of likely N-dealkylation sites (N-methyl/N-ethyl adjacent to an activating group) is 1. The third-order valence-electron chi connectivity index (χ3n) is 5.44. The zero-order chi connectivity index (χ0) is 19.9. The summed E-state index contributed by atoms with van der Waals surface area (Å²) in [4.78, 5) is 25.5. The van der Waals surface area contributed by atoms with E-state index in [1.54, 1.807) is 24.1 Å². The molecule has 2 atom stereocenters. The van der Waals surface area contributed by atoms with Gasteiger partial charge in [0.05, 0.1) is 6.54 Å². The Kier molecular flexibility index (Phi) is 7.80. The van der Waals surface area contributed by atoms with Crippen LogP contribution in [0.2, 0.25) is 0 Å². The van der Waals surface area contributed by atoms with Crippen molar-refractivity contribution in [2.45, 2.75) is 57.2 Å². The topological polar surface area (TPSA) is 87.1 Å². The van der Waals surface area contributed by atoms with E-state index < -0.39 is 17.5 Å². The molecular weight excluding hydrogens is 346 g/mol. The van der Waals surface area contributed by atoms with Crippen molar-refractivity contribution in [3.8, 4) is 0 Å². The summed E-state index contributed by atoms with van der Waals surface area (Å²) in [5.41, 5.74) is -1.04. The van der Waals surface area contributed by atoms with Gasteiger partial charge in [0, 0.05) is 12.5 Å². The molecule has 1 fully saturated rings. The van der Waals surface area contributed by atoms with E-state index in [0.717, 1.165) is 25.7 Å². The first-order valence-electron chi connectivity index (χ1n) is 9.77. The van der Waals surface area contributed by atoms with Crippen LogP contribution in [0.5, 0.6) is 0 Å². The zero-order valence-corrected chi connectivity index (χ0v) is 16.3. The van der Waals surface area contributed by atoms with Crippen LogP contribution in [0, 0.1) is 5.92 Å². The number of esters is 1. The number of carbonyl (C=O) groups is 2. The molecule has 27 heavy (non-hydrogen) atoms. The Morgan fingerprint density at radius 2 is 1.89 bits per heavy atom. The SMILES string of the molecule is CCC(CCN(C)CC(=O)O)OC(=O)[C@](O)(c1ccccc1)C1CCCC1. The van der Waals surface area contributed by atoms with E-state index in [4.69, 9.17) is 9.84 Å². The summed E-state index contributed by atoms with van der Waals surface area (Å²) >= 11 is 0. The maximum absolute atomic E-state index is 13.1. The molecule has 1 saturated carbocycles. The molecule has 0 aromatic heterocycles. The van der Waals surface area contributed by atoms with Gasteiger partial charge in [-0.25, -0.2) is 4.79 Å². The van der Waals surface area contributed by atoms with Crippen molar-refractivity contribution >= 4 is 11.9 Å². The normalized spacial score (nSPS) is 18.2. The van der Waals surface area contributed by atoms with Crippen LogP contribution in [-0.2, 0) is 19.9 Å². The minimum Gasteiger partial charge on any atom is -0.480 e. The maximum Gasteiger partial charge on any atom is 0.343 e. The molecule has 1 aliphatic carbocycles. The Morgan fingerprint density at radius 1 is 1.26 bits per heavy atom. The lowest BCUT2D eigenvalue weighted by molar-refractivity contribution is -0.180. The van der Waals surface area contributed by atoms with Crippen molar-refractivity contribution in [2.75, 3.05) is 20.1 Å². The first kappa shape index (κ1) is 21.4. The first-order chi connectivity index (χ1) is 12.9. The molecular formula is C21H31NO5. The number of hydrogen-bond donors (Lipinski definition) is 2. The third kappa shape index (κ3) is 5.53. The van der Waals surface area contributed by atoms with E-state index in [-0.39, 0.29) is 18.6 Å². The number of hydrogen-bond acceptors (Lipinski definition) is 5. The summed E-state index contributed by atoms with van der Waals surface area (Å²) in [6.45, 7) is 2.37. The number of nitrogens with zero attached hydrogens (tertiary/aromatic N) is 1. The minimum atomic E-state index is -1.63. The van der Waals surface area contributed by atoms with E-state index >= 15 is 0 Å². The molecule has 6 heteroatoms. The first-order valence-corrected chi connectivity index (χ1v) is 9.77. The highest BCUT2D eigenvalue weighted by Gasteiger charge is 2.48. The van der Waals surface area contributed by atoms with Gasteiger partial charge in [0.1, 0.15) is 6.10 Å². The summed E-state index contributed by atoms with van der Waals surface area (Å²) in [6, 6.07) is 9.06. The number of ether oxygens (including phenoxy) is 1. The van der Waals surface area contributed by atoms with Gasteiger partial charge in [-0.3, -0.25) is 9.69 Å². The van der Waals surface area contributed by atoms with Gasteiger partial charge in [0.2, 0.25) is 0 Å². The van der Waals surface area contributed by atoms with Crippen molar-refractivity contribution < 1.29 is 24.5 Å². The number of carboxylic acids is 1. The lowest BCUT2D eigenvalue weighted by Crippen LogP contribution is -2.45. The van der Waals surface area contributed by atoms with Crippen molar-refractivity contribution in [2.24, 2.45) is 5.92 Å². The molecule has 2 N–H and O–H groups in total. The fraction of sp³-hybridized carbons (Fsp3) is 0.619. The van der Waals surface area contributed by atoms with Gasteiger partial charge in [-0.05, 0) is 38.3 Å². The third-order valence-corrected chi connectivity index (χ3v) is 5.44. The Balaban J connectivity index is 2.09. The monoisotopic (exact) mass is 377 g/mol. The summed E-state index contributed by atoms with van der Waals surface area (Å²) in [7, 11) is 1.72. The fourth-order valence-corrected chi connectivity index (χ4v) is 3.82. The van der Waals surface area contributed by atoms with Gasteiger partial charge in [0.25, 0.3) is 0 Å². The molecule has 2 rings (SSSR count). The van der Waals surface area contributed by atoms with Crippen LogP contribution < -0.4 is 0 Å².